The number of rotatable bonds is 6. The molecule has 1 atom stereocenters. The number of carboxylic acids is 1. The lowest BCUT2D eigenvalue weighted by molar-refractivity contribution is 0.0690. The Bertz CT molecular complexity index is 2150. The molecule has 52 heavy (non-hydrogen) atoms. The number of carbonyl (C=O) groups excluding carboxylic acids is 1. The Kier molecular flexibility index (Phi) is 10.4. The van der Waals surface area contributed by atoms with Gasteiger partial charge in [0.2, 0.25) is 5.88 Å². The highest BCUT2D eigenvalue weighted by atomic mass is 19.2. The molecule has 1 fully saturated rings. The number of nitrogens with two attached hydrogens (primary N) is 1. The van der Waals surface area contributed by atoms with Gasteiger partial charge in [0.15, 0.2) is 0 Å². The van der Waals surface area contributed by atoms with Gasteiger partial charge in [-0.15, -0.1) is 0 Å². The number of aromatic nitrogens is 3. The molecule has 5 aromatic rings. The maximum absolute atomic E-state index is 14.4. The van der Waals surface area contributed by atoms with Crippen molar-refractivity contribution in [1.29, 1.82) is 0 Å². The van der Waals surface area contributed by atoms with Crippen LogP contribution in [-0.2, 0) is 6.42 Å². The maximum atomic E-state index is 14.4. The second kappa shape index (κ2) is 15.1. The number of nitrogens with zero attached hydrogens (tertiary/aromatic N) is 4. The SMILES string of the molecule is N[C@H]1CCCN(c2c(NC(=O)c3ccc(F)c(-c4c(F)cccc4F)n3)cnc3c2CCO3)C1.O=C(O)c1ccc(F)c(-c2c(F)cccc2F)n1. The van der Waals surface area contributed by atoms with Crippen LogP contribution in [0.4, 0.5) is 37.7 Å². The van der Waals surface area contributed by atoms with Gasteiger partial charge in [-0.2, -0.15) is 0 Å². The molecule has 2 aromatic carbocycles. The van der Waals surface area contributed by atoms with Crippen molar-refractivity contribution >= 4 is 23.3 Å². The van der Waals surface area contributed by atoms with Crippen LogP contribution in [0.2, 0.25) is 0 Å². The molecule has 3 aromatic heterocycles. The van der Waals surface area contributed by atoms with Crippen molar-refractivity contribution in [3.63, 3.8) is 0 Å². The van der Waals surface area contributed by atoms with E-state index in [1.54, 1.807) is 0 Å². The third-order valence-electron chi connectivity index (χ3n) is 8.27. The van der Waals surface area contributed by atoms with Crippen molar-refractivity contribution in [3.8, 4) is 28.4 Å². The Morgan fingerprint density at radius 3 is 1.92 bits per heavy atom. The number of hydrogen-bond donors (Lipinski definition) is 3. The van der Waals surface area contributed by atoms with Gasteiger partial charge in [0, 0.05) is 31.1 Å². The highest BCUT2D eigenvalue weighted by Crippen LogP contribution is 2.39. The van der Waals surface area contributed by atoms with E-state index in [2.05, 4.69) is 25.2 Å². The molecule has 5 heterocycles. The molecule has 2 aliphatic rings. The Hall–Kier alpha value is -6.03. The zero-order chi connectivity index (χ0) is 37.1. The summed E-state index contributed by atoms with van der Waals surface area (Å²) in [5, 5.41) is 11.5. The van der Waals surface area contributed by atoms with E-state index in [-0.39, 0.29) is 11.7 Å². The summed E-state index contributed by atoms with van der Waals surface area (Å²) in [6.07, 6.45) is 3.96. The molecule has 0 radical (unpaired) electrons. The van der Waals surface area contributed by atoms with Crippen LogP contribution in [0.1, 0.15) is 39.4 Å². The zero-order valence-corrected chi connectivity index (χ0v) is 27.0. The number of pyridine rings is 3. The molecule has 0 saturated carbocycles. The molecule has 1 amide bonds. The minimum Gasteiger partial charge on any atom is -0.477 e. The molecule has 268 valence electrons. The molecular weight excluding hydrogens is 694 g/mol. The molecule has 0 unspecified atom stereocenters. The predicted molar refractivity (Wildman–Crippen MR) is 177 cm³/mol. The fraction of sp³-hybridized carbons (Fsp3) is 0.194. The van der Waals surface area contributed by atoms with Gasteiger partial charge >= 0.3 is 5.97 Å². The van der Waals surface area contributed by atoms with E-state index in [4.69, 9.17) is 15.6 Å². The van der Waals surface area contributed by atoms with E-state index in [0.29, 0.717) is 31.1 Å². The number of carboxylic acid groups (broad SMARTS) is 1. The topological polar surface area (TPSA) is 144 Å². The monoisotopic (exact) mass is 722 g/mol. The number of carbonyl (C=O) groups is 2. The number of benzene rings is 2. The molecule has 1 saturated heterocycles. The Morgan fingerprint density at radius 1 is 0.808 bits per heavy atom. The summed E-state index contributed by atoms with van der Waals surface area (Å²) in [6, 6.07) is 10.0. The highest BCUT2D eigenvalue weighted by molar-refractivity contribution is 6.05. The minimum atomic E-state index is -1.41. The lowest BCUT2D eigenvalue weighted by Crippen LogP contribution is -2.43. The van der Waals surface area contributed by atoms with Crippen LogP contribution in [0.5, 0.6) is 5.88 Å². The molecule has 0 aliphatic carbocycles. The van der Waals surface area contributed by atoms with E-state index in [0.717, 1.165) is 85.2 Å². The first-order valence-corrected chi connectivity index (χ1v) is 15.8. The van der Waals surface area contributed by atoms with Gasteiger partial charge in [-0.05, 0) is 61.4 Å². The largest absolute Gasteiger partial charge is 0.477 e. The number of amides is 1. The smallest absolute Gasteiger partial charge is 0.354 e. The van der Waals surface area contributed by atoms with Crippen LogP contribution in [0.15, 0.2) is 66.9 Å². The minimum absolute atomic E-state index is 0.000395. The number of aromatic carboxylic acids is 1. The van der Waals surface area contributed by atoms with Gasteiger partial charge in [0.25, 0.3) is 5.91 Å². The fourth-order valence-corrected chi connectivity index (χ4v) is 5.91. The van der Waals surface area contributed by atoms with Crippen molar-refractivity contribution in [2.24, 2.45) is 5.73 Å². The highest BCUT2D eigenvalue weighted by Gasteiger charge is 2.29. The number of halogens is 6. The lowest BCUT2D eigenvalue weighted by atomic mass is 10.0. The molecule has 7 rings (SSSR count). The molecule has 4 N–H and O–H groups in total. The first-order valence-electron chi connectivity index (χ1n) is 15.8. The number of nitrogens with one attached hydrogen (secondary N) is 1. The molecular formula is C36H28F6N6O4. The number of fused-ring (bicyclic) bond motifs is 1. The normalized spacial score (nSPS) is 14.9. The summed E-state index contributed by atoms with van der Waals surface area (Å²) in [7, 11) is 0. The number of piperidine rings is 1. The van der Waals surface area contributed by atoms with Crippen molar-refractivity contribution in [1.82, 2.24) is 15.0 Å². The molecule has 16 heteroatoms. The summed E-state index contributed by atoms with van der Waals surface area (Å²) >= 11 is 0. The van der Waals surface area contributed by atoms with Gasteiger partial charge in [0.1, 0.15) is 57.7 Å². The standard InChI is InChI=1S/C24H22F3N5O2.C12H6F3NO2/c25-15-4-1-5-16(26)20(15)21-17(27)6-7-18(30-21)23(33)31-19-11-29-24-14(8-10-34-24)22(19)32-9-2-3-13(28)12-32;13-6-2-1-3-7(14)10(6)11-8(15)4-5-9(16-11)12(17)18/h1,4-7,11,13H,2-3,8-10,12,28H2,(H,31,33);1-5H,(H,17,18)/t13-;/m0./s1. The maximum Gasteiger partial charge on any atom is 0.354 e. The van der Waals surface area contributed by atoms with Crippen molar-refractivity contribution in [3.05, 3.63) is 119 Å². The van der Waals surface area contributed by atoms with E-state index in [9.17, 15) is 35.9 Å². The first kappa shape index (κ1) is 35.8. The second-order valence-electron chi connectivity index (χ2n) is 11.8. The Morgan fingerprint density at radius 2 is 1.37 bits per heavy atom. The zero-order valence-electron chi connectivity index (χ0n) is 27.0. The van der Waals surface area contributed by atoms with Crippen molar-refractivity contribution in [2.45, 2.75) is 25.3 Å². The Labute approximate surface area is 291 Å². The average Bonchev–Trinajstić information content (AvgIpc) is 3.59. The second-order valence-corrected chi connectivity index (χ2v) is 11.8. The predicted octanol–water partition coefficient (Wildman–Crippen LogP) is 6.54. The summed E-state index contributed by atoms with van der Waals surface area (Å²) < 4.78 is 88.9. The fourth-order valence-electron chi connectivity index (χ4n) is 5.91. The summed E-state index contributed by atoms with van der Waals surface area (Å²) in [5.41, 5.74) is 5.04. The van der Waals surface area contributed by atoms with Crippen LogP contribution in [-0.4, -0.2) is 57.7 Å². The quantitative estimate of drug-likeness (QED) is 0.167. The van der Waals surface area contributed by atoms with Crippen LogP contribution >= 0.6 is 0 Å². The summed E-state index contributed by atoms with van der Waals surface area (Å²) in [6.45, 7) is 1.87. The molecule has 10 nitrogen and oxygen atoms in total. The third kappa shape index (κ3) is 7.37. The van der Waals surface area contributed by atoms with Crippen LogP contribution < -0.4 is 20.7 Å². The van der Waals surface area contributed by atoms with E-state index < -0.39 is 75.0 Å². The van der Waals surface area contributed by atoms with Crippen molar-refractivity contribution < 1.29 is 45.8 Å². The molecule has 0 spiro atoms. The summed E-state index contributed by atoms with van der Waals surface area (Å²) in [4.78, 5) is 37.6. The van der Waals surface area contributed by atoms with Crippen LogP contribution in [0.3, 0.4) is 0 Å². The summed E-state index contributed by atoms with van der Waals surface area (Å²) in [5.74, 6) is -7.47. The third-order valence-corrected chi connectivity index (χ3v) is 8.27. The number of anilines is 2. The number of ether oxygens (including phenoxy) is 1. The lowest BCUT2D eigenvalue weighted by Gasteiger charge is -2.34. The van der Waals surface area contributed by atoms with Gasteiger partial charge < -0.3 is 25.8 Å². The van der Waals surface area contributed by atoms with Gasteiger partial charge in [-0.25, -0.2) is 46.1 Å². The van der Waals surface area contributed by atoms with E-state index >= 15 is 0 Å². The molecule has 0 bridgehead atoms. The van der Waals surface area contributed by atoms with Gasteiger partial charge in [-0.1, -0.05) is 12.1 Å². The van der Waals surface area contributed by atoms with E-state index in [1.165, 1.54) is 12.3 Å². The van der Waals surface area contributed by atoms with Crippen molar-refractivity contribution in [2.75, 3.05) is 29.9 Å². The average molecular weight is 723 g/mol. The first-order chi connectivity index (χ1) is 24.9. The van der Waals surface area contributed by atoms with E-state index in [1.807, 2.05) is 0 Å². The van der Waals surface area contributed by atoms with Gasteiger partial charge in [0.05, 0.1) is 35.3 Å². The van der Waals surface area contributed by atoms with Crippen LogP contribution in [0.25, 0.3) is 22.5 Å². The van der Waals surface area contributed by atoms with Crippen LogP contribution in [0, 0.1) is 34.9 Å². The molecule has 2 aliphatic heterocycles. The Balaban J connectivity index is 0.000000217. The number of hydrogen-bond acceptors (Lipinski definition) is 8. The van der Waals surface area contributed by atoms with Gasteiger partial charge in [-0.3, -0.25) is 4.79 Å².